The lowest BCUT2D eigenvalue weighted by molar-refractivity contribution is -0.204. The molecule has 5 nitrogen and oxygen atoms in total. The summed E-state index contributed by atoms with van der Waals surface area (Å²) in [6, 6.07) is 0. The lowest BCUT2D eigenvalue weighted by Gasteiger charge is -2.40. The normalized spacial score (nSPS) is 25.7. The number of alkyl halides is 1. The minimum Gasteiger partial charge on any atom is -0.384 e. The Morgan fingerprint density at radius 3 is 2.56 bits per heavy atom. The fourth-order valence-electron chi connectivity index (χ4n) is 2.90. The highest BCUT2D eigenvalue weighted by molar-refractivity contribution is 9.08. The molecule has 2 heterocycles. The van der Waals surface area contributed by atoms with Gasteiger partial charge >= 0.3 is 0 Å². The standard InChI is InChI=1S/C12H17BrN2O3/c13-7-9-8-14-15-10(9)11(16)1-3-12(4-2-11)17-5-6-18-12/h8,16H,1-7H2,(H,14,15). The lowest BCUT2D eigenvalue weighted by atomic mass is 9.78. The monoisotopic (exact) mass is 316 g/mol. The minimum atomic E-state index is -0.833. The maximum atomic E-state index is 10.8. The summed E-state index contributed by atoms with van der Waals surface area (Å²) in [4.78, 5) is 0. The number of aromatic nitrogens is 2. The first-order valence-electron chi connectivity index (χ1n) is 6.26. The lowest BCUT2D eigenvalue weighted by Crippen LogP contribution is -2.42. The molecular formula is C12H17BrN2O3. The van der Waals surface area contributed by atoms with E-state index in [2.05, 4.69) is 26.1 Å². The Balaban J connectivity index is 1.78. The van der Waals surface area contributed by atoms with E-state index in [1.807, 2.05) is 0 Å². The van der Waals surface area contributed by atoms with E-state index < -0.39 is 11.4 Å². The van der Waals surface area contributed by atoms with Gasteiger partial charge in [-0.15, -0.1) is 0 Å². The fourth-order valence-corrected chi connectivity index (χ4v) is 3.32. The van der Waals surface area contributed by atoms with Gasteiger partial charge in [-0.2, -0.15) is 5.10 Å². The van der Waals surface area contributed by atoms with Crippen LogP contribution in [0, 0.1) is 0 Å². The van der Waals surface area contributed by atoms with Crippen molar-refractivity contribution in [2.45, 2.75) is 42.4 Å². The zero-order valence-electron chi connectivity index (χ0n) is 10.1. The first-order chi connectivity index (χ1) is 8.68. The van der Waals surface area contributed by atoms with Crippen LogP contribution >= 0.6 is 15.9 Å². The van der Waals surface area contributed by atoms with Crippen molar-refractivity contribution in [1.82, 2.24) is 10.2 Å². The molecular weight excluding hydrogens is 300 g/mol. The Morgan fingerprint density at radius 2 is 1.94 bits per heavy atom. The van der Waals surface area contributed by atoms with Gasteiger partial charge in [-0.25, -0.2) is 0 Å². The average molecular weight is 317 g/mol. The molecule has 1 saturated carbocycles. The molecule has 0 amide bonds. The van der Waals surface area contributed by atoms with Crippen molar-refractivity contribution in [2.24, 2.45) is 0 Å². The van der Waals surface area contributed by atoms with Crippen LogP contribution in [0.25, 0.3) is 0 Å². The third kappa shape index (κ3) is 2.01. The molecule has 1 spiro atoms. The largest absolute Gasteiger partial charge is 0.384 e. The number of nitrogens with zero attached hydrogens (tertiary/aromatic N) is 1. The van der Waals surface area contributed by atoms with Gasteiger partial charge in [0, 0.05) is 23.7 Å². The van der Waals surface area contributed by atoms with Gasteiger partial charge in [0.2, 0.25) is 0 Å². The molecule has 0 unspecified atom stereocenters. The minimum absolute atomic E-state index is 0.444. The van der Waals surface area contributed by atoms with Crippen molar-refractivity contribution in [3.63, 3.8) is 0 Å². The smallest absolute Gasteiger partial charge is 0.168 e. The molecule has 1 aromatic heterocycles. The molecule has 1 saturated heterocycles. The second-order valence-corrected chi connectivity index (χ2v) is 5.60. The molecule has 0 aromatic carbocycles. The fraction of sp³-hybridized carbons (Fsp3) is 0.750. The summed E-state index contributed by atoms with van der Waals surface area (Å²) in [6.07, 6.45) is 4.48. The van der Waals surface area contributed by atoms with Gasteiger partial charge in [-0.1, -0.05) is 15.9 Å². The number of aliphatic hydroxyl groups is 1. The van der Waals surface area contributed by atoms with Gasteiger partial charge in [0.05, 0.1) is 25.1 Å². The number of halogens is 1. The number of hydrogen-bond donors (Lipinski definition) is 2. The second-order valence-electron chi connectivity index (χ2n) is 5.04. The van der Waals surface area contributed by atoms with Gasteiger partial charge in [0.15, 0.2) is 5.79 Å². The summed E-state index contributed by atoms with van der Waals surface area (Å²) in [7, 11) is 0. The quantitative estimate of drug-likeness (QED) is 0.817. The van der Waals surface area contributed by atoms with Crippen molar-refractivity contribution in [1.29, 1.82) is 0 Å². The van der Waals surface area contributed by atoms with Crippen molar-refractivity contribution < 1.29 is 14.6 Å². The maximum absolute atomic E-state index is 10.8. The number of rotatable bonds is 2. The zero-order valence-corrected chi connectivity index (χ0v) is 11.7. The highest BCUT2D eigenvalue weighted by Crippen LogP contribution is 2.45. The van der Waals surface area contributed by atoms with E-state index in [4.69, 9.17) is 9.47 Å². The Kier molecular flexibility index (Phi) is 3.21. The van der Waals surface area contributed by atoms with Crippen LogP contribution in [0.5, 0.6) is 0 Å². The maximum Gasteiger partial charge on any atom is 0.168 e. The van der Waals surface area contributed by atoms with Gasteiger partial charge in [-0.3, -0.25) is 5.10 Å². The van der Waals surface area contributed by atoms with Gasteiger partial charge in [0.25, 0.3) is 0 Å². The molecule has 1 aliphatic heterocycles. The molecule has 0 atom stereocenters. The topological polar surface area (TPSA) is 67.4 Å². The molecule has 1 aromatic rings. The van der Waals surface area contributed by atoms with Crippen molar-refractivity contribution in [2.75, 3.05) is 13.2 Å². The first kappa shape index (κ1) is 12.6. The Hall–Kier alpha value is -0.430. The van der Waals surface area contributed by atoms with Gasteiger partial charge in [0.1, 0.15) is 5.60 Å². The predicted molar refractivity (Wildman–Crippen MR) is 68.2 cm³/mol. The van der Waals surface area contributed by atoms with E-state index >= 15 is 0 Å². The predicted octanol–water partition coefficient (Wildman–Crippen LogP) is 1.81. The van der Waals surface area contributed by atoms with E-state index in [0.29, 0.717) is 31.4 Å². The highest BCUT2D eigenvalue weighted by atomic mass is 79.9. The average Bonchev–Trinajstić information content (AvgIpc) is 3.03. The molecule has 2 N–H and O–H groups in total. The third-order valence-corrected chi connectivity index (χ3v) is 4.58. The molecule has 18 heavy (non-hydrogen) atoms. The number of aromatic amines is 1. The summed E-state index contributed by atoms with van der Waals surface area (Å²) in [6.45, 7) is 1.32. The summed E-state index contributed by atoms with van der Waals surface area (Å²) in [5.74, 6) is -0.444. The Labute approximate surface area is 114 Å². The van der Waals surface area contributed by atoms with Crippen LogP contribution < -0.4 is 0 Å². The summed E-state index contributed by atoms with van der Waals surface area (Å²) >= 11 is 3.42. The highest BCUT2D eigenvalue weighted by Gasteiger charge is 2.47. The summed E-state index contributed by atoms with van der Waals surface area (Å²) in [5, 5.41) is 18.4. The zero-order chi connectivity index (χ0) is 12.6. The van der Waals surface area contributed by atoms with Gasteiger partial charge in [-0.05, 0) is 12.8 Å². The van der Waals surface area contributed by atoms with Crippen LogP contribution in [-0.4, -0.2) is 34.3 Å². The molecule has 100 valence electrons. The summed E-state index contributed by atoms with van der Waals surface area (Å²) in [5.41, 5.74) is 1.01. The van der Waals surface area contributed by atoms with Crippen LogP contribution in [0.1, 0.15) is 36.9 Å². The molecule has 6 heteroatoms. The molecule has 2 aliphatic rings. The van der Waals surface area contributed by atoms with Crippen LogP contribution in [-0.2, 0) is 20.4 Å². The molecule has 0 bridgehead atoms. The molecule has 1 aliphatic carbocycles. The Bertz CT molecular complexity index is 419. The number of ether oxygens (including phenoxy) is 2. The van der Waals surface area contributed by atoms with Gasteiger partial charge < -0.3 is 14.6 Å². The molecule has 0 radical (unpaired) electrons. The second kappa shape index (κ2) is 4.59. The van der Waals surface area contributed by atoms with Crippen LogP contribution in [0.4, 0.5) is 0 Å². The van der Waals surface area contributed by atoms with Crippen LogP contribution in [0.15, 0.2) is 6.20 Å². The van der Waals surface area contributed by atoms with Crippen molar-refractivity contribution in [3.8, 4) is 0 Å². The number of H-pyrrole nitrogens is 1. The number of hydrogen-bond acceptors (Lipinski definition) is 4. The first-order valence-corrected chi connectivity index (χ1v) is 7.39. The van der Waals surface area contributed by atoms with E-state index in [9.17, 15) is 5.11 Å². The van der Waals surface area contributed by atoms with E-state index in [1.165, 1.54) is 0 Å². The van der Waals surface area contributed by atoms with E-state index in [1.54, 1.807) is 6.20 Å². The molecule has 3 rings (SSSR count). The van der Waals surface area contributed by atoms with Crippen molar-refractivity contribution >= 4 is 15.9 Å². The molecule has 2 fully saturated rings. The van der Waals surface area contributed by atoms with Crippen LogP contribution in [0.3, 0.4) is 0 Å². The third-order valence-electron chi connectivity index (χ3n) is 3.98. The SMILES string of the molecule is OC1(c2[nH]ncc2CBr)CCC2(CC1)OCCO2. The number of nitrogens with one attached hydrogen (secondary N) is 1. The van der Waals surface area contributed by atoms with E-state index in [0.717, 1.165) is 24.1 Å². The van der Waals surface area contributed by atoms with E-state index in [-0.39, 0.29) is 0 Å². The van der Waals surface area contributed by atoms with Crippen molar-refractivity contribution in [3.05, 3.63) is 17.5 Å². The van der Waals surface area contributed by atoms with Crippen LogP contribution in [0.2, 0.25) is 0 Å². The Morgan fingerprint density at radius 1 is 1.28 bits per heavy atom. The summed E-state index contributed by atoms with van der Waals surface area (Å²) < 4.78 is 11.4.